The summed E-state index contributed by atoms with van der Waals surface area (Å²) in [6.45, 7) is 5.93. The van der Waals surface area contributed by atoms with Gasteiger partial charge in [-0.3, -0.25) is 14.9 Å². The Morgan fingerprint density at radius 2 is 1.94 bits per heavy atom. The number of carboxylic acid groups (broad SMARTS) is 1. The molecule has 1 amide bonds. The van der Waals surface area contributed by atoms with Gasteiger partial charge < -0.3 is 10.4 Å². The van der Waals surface area contributed by atoms with Gasteiger partial charge in [0.05, 0.1) is 5.02 Å². The Labute approximate surface area is 183 Å². The van der Waals surface area contributed by atoms with E-state index in [2.05, 4.69) is 10.6 Å². The first kappa shape index (κ1) is 21.7. The molecule has 0 aliphatic carbocycles. The van der Waals surface area contributed by atoms with Crippen molar-refractivity contribution >= 4 is 29.2 Å². The van der Waals surface area contributed by atoms with Crippen molar-refractivity contribution in [3.63, 3.8) is 0 Å². The molecule has 2 aromatic carbocycles. The summed E-state index contributed by atoms with van der Waals surface area (Å²) in [5.74, 6) is -4.08. The number of fused-ring (bicyclic) bond motifs is 2. The van der Waals surface area contributed by atoms with E-state index in [4.69, 9.17) is 11.6 Å². The maximum absolute atomic E-state index is 15.2. The first-order valence-electron chi connectivity index (χ1n) is 10.0. The van der Waals surface area contributed by atoms with Gasteiger partial charge in [-0.05, 0) is 41.2 Å². The second-order valence-electron chi connectivity index (χ2n) is 9.43. The van der Waals surface area contributed by atoms with E-state index in [-0.39, 0.29) is 21.7 Å². The fraction of sp³-hybridized carbons (Fsp3) is 0.391. The van der Waals surface area contributed by atoms with E-state index in [1.807, 2.05) is 20.8 Å². The van der Waals surface area contributed by atoms with Gasteiger partial charge in [0.15, 0.2) is 0 Å². The maximum Gasteiger partial charge on any atom is 0.321 e. The minimum atomic E-state index is -1.45. The molecule has 1 fully saturated rings. The molecule has 2 aliphatic rings. The van der Waals surface area contributed by atoms with Crippen molar-refractivity contribution in [2.24, 2.45) is 5.41 Å². The van der Waals surface area contributed by atoms with Crippen molar-refractivity contribution < 1.29 is 23.5 Å². The quantitative estimate of drug-likeness (QED) is 0.648. The topological polar surface area (TPSA) is 78.4 Å². The lowest BCUT2D eigenvalue weighted by Gasteiger charge is -2.37. The highest BCUT2D eigenvalue weighted by molar-refractivity contribution is 6.30. The Bertz CT molecular complexity index is 1080. The van der Waals surface area contributed by atoms with Crippen LogP contribution in [0.5, 0.6) is 0 Å². The molecule has 0 unspecified atom stereocenters. The average Bonchev–Trinajstić information content (AvgIpc) is 3.12. The SMILES string of the molecule is CC(C)(C)C[C@@H]1N[C@@H](C(=O)O)[C@H](c2cccc(Cl)c2F)[C@]12C(=O)Nc1cc(F)ccc12. The zero-order valence-corrected chi connectivity index (χ0v) is 18.1. The normalized spacial score (nSPS) is 27.4. The van der Waals surface area contributed by atoms with Crippen LogP contribution in [0.25, 0.3) is 0 Å². The molecule has 2 aromatic rings. The molecule has 0 radical (unpaired) electrons. The van der Waals surface area contributed by atoms with Crippen LogP contribution in [0.2, 0.25) is 5.02 Å². The summed E-state index contributed by atoms with van der Waals surface area (Å²) in [6, 6.07) is 6.40. The smallest absolute Gasteiger partial charge is 0.321 e. The Morgan fingerprint density at radius 3 is 2.58 bits per heavy atom. The molecule has 0 aromatic heterocycles. The van der Waals surface area contributed by atoms with Crippen LogP contribution in [-0.2, 0) is 15.0 Å². The molecule has 0 bridgehead atoms. The molecule has 4 rings (SSSR count). The van der Waals surface area contributed by atoms with Gasteiger partial charge in [0, 0.05) is 17.6 Å². The summed E-state index contributed by atoms with van der Waals surface area (Å²) >= 11 is 6.02. The summed E-state index contributed by atoms with van der Waals surface area (Å²) in [5, 5.41) is 15.7. The molecule has 2 heterocycles. The monoisotopic (exact) mass is 448 g/mol. The number of anilines is 1. The summed E-state index contributed by atoms with van der Waals surface area (Å²) in [6.07, 6.45) is 0.430. The van der Waals surface area contributed by atoms with Crippen LogP contribution in [0.3, 0.4) is 0 Å². The van der Waals surface area contributed by atoms with Gasteiger partial charge in [-0.25, -0.2) is 8.78 Å². The zero-order valence-electron chi connectivity index (χ0n) is 17.3. The van der Waals surface area contributed by atoms with Crippen molar-refractivity contribution in [3.8, 4) is 0 Å². The number of carbonyl (C=O) groups excluding carboxylic acids is 1. The number of benzene rings is 2. The van der Waals surface area contributed by atoms with E-state index in [9.17, 15) is 19.1 Å². The van der Waals surface area contributed by atoms with Crippen molar-refractivity contribution in [2.45, 2.75) is 50.6 Å². The zero-order chi connectivity index (χ0) is 22.7. The van der Waals surface area contributed by atoms with Crippen molar-refractivity contribution in [1.29, 1.82) is 0 Å². The van der Waals surface area contributed by atoms with Gasteiger partial charge in [0.1, 0.15) is 23.1 Å². The maximum atomic E-state index is 15.2. The third-order valence-electron chi connectivity index (χ3n) is 6.20. The highest BCUT2D eigenvalue weighted by Gasteiger charge is 2.66. The third-order valence-corrected chi connectivity index (χ3v) is 6.50. The Kier molecular flexibility index (Phi) is 5.10. The molecule has 0 saturated carbocycles. The fourth-order valence-corrected chi connectivity index (χ4v) is 5.32. The number of amides is 1. The van der Waals surface area contributed by atoms with Crippen LogP contribution in [0.4, 0.5) is 14.5 Å². The molecule has 164 valence electrons. The van der Waals surface area contributed by atoms with Crippen LogP contribution in [0.15, 0.2) is 36.4 Å². The Balaban J connectivity index is 2.04. The second-order valence-corrected chi connectivity index (χ2v) is 9.84. The average molecular weight is 449 g/mol. The number of hydrogen-bond acceptors (Lipinski definition) is 3. The molecule has 8 heteroatoms. The van der Waals surface area contributed by atoms with Gasteiger partial charge in [-0.1, -0.05) is 50.6 Å². The van der Waals surface area contributed by atoms with E-state index in [1.54, 1.807) is 0 Å². The number of hydrogen-bond donors (Lipinski definition) is 3. The van der Waals surface area contributed by atoms with Gasteiger partial charge >= 0.3 is 5.97 Å². The van der Waals surface area contributed by atoms with E-state index in [0.29, 0.717) is 12.0 Å². The van der Waals surface area contributed by atoms with Crippen molar-refractivity contribution in [1.82, 2.24) is 5.32 Å². The number of aliphatic carboxylic acids is 1. The molecule has 31 heavy (non-hydrogen) atoms. The molecule has 2 aliphatic heterocycles. The van der Waals surface area contributed by atoms with Crippen molar-refractivity contribution in [3.05, 3.63) is 64.2 Å². The van der Waals surface area contributed by atoms with Crippen LogP contribution in [-0.4, -0.2) is 29.1 Å². The van der Waals surface area contributed by atoms with E-state index in [0.717, 1.165) is 0 Å². The standard InChI is InChI=1S/C23H23ClF2N2O3/c1-22(2,3)10-16-23(13-8-7-11(25)9-15(13)27-21(23)31)17(19(28-16)20(29)30)12-5-4-6-14(24)18(12)26/h4-9,16-17,19,28H,10H2,1-3H3,(H,27,31)(H,29,30)/t16-,17-,19+,23+/m0/s1. The molecular formula is C23H23ClF2N2O3. The van der Waals surface area contributed by atoms with Gasteiger partial charge in [-0.2, -0.15) is 0 Å². The Hall–Kier alpha value is -2.51. The van der Waals surface area contributed by atoms with Gasteiger partial charge in [0.25, 0.3) is 0 Å². The lowest BCUT2D eigenvalue weighted by Crippen LogP contribution is -2.49. The fourth-order valence-electron chi connectivity index (χ4n) is 5.14. The molecule has 3 N–H and O–H groups in total. The van der Waals surface area contributed by atoms with Crippen LogP contribution >= 0.6 is 11.6 Å². The van der Waals surface area contributed by atoms with Crippen LogP contribution in [0.1, 0.15) is 44.2 Å². The van der Waals surface area contributed by atoms with Crippen molar-refractivity contribution in [2.75, 3.05) is 5.32 Å². The first-order chi connectivity index (χ1) is 14.5. The van der Waals surface area contributed by atoms with Crippen LogP contribution < -0.4 is 10.6 Å². The molecular weight excluding hydrogens is 426 g/mol. The lowest BCUT2D eigenvalue weighted by molar-refractivity contribution is -0.139. The summed E-state index contributed by atoms with van der Waals surface area (Å²) in [5.41, 5.74) is -0.974. The largest absolute Gasteiger partial charge is 0.480 e. The van der Waals surface area contributed by atoms with Gasteiger partial charge in [-0.15, -0.1) is 0 Å². The number of carbonyl (C=O) groups is 2. The third kappa shape index (κ3) is 3.31. The predicted molar refractivity (Wildman–Crippen MR) is 113 cm³/mol. The molecule has 4 atom stereocenters. The number of nitrogens with one attached hydrogen (secondary N) is 2. The van der Waals surface area contributed by atoms with Crippen LogP contribution in [0, 0.1) is 17.0 Å². The predicted octanol–water partition coefficient (Wildman–Crippen LogP) is 4.45. The summed E-state index contributed by atoms with van der Waals surface area (Å²) in [4.78, 5) is 25.9. The Morgan fingerprint density at radius 1 is 1.23 bits per heavy atom. The number of carboxylic acids is 1. The van der Waals surface area contributed by atoms with E-state index < -0.39 is 46.9 Å². The second kappa shape index (κ2) is 7.28. The minimum absolute atomic E-state index is 0.0381. The van der Waals surface area contributed by atoms with E-state index >= 15 is 4.39 Å². The van der Waals surface area contributed by atoms with E-state index in [1.165, 1.54) is 36.4 Å². The summed E-state index contributed by atoms with van der Waals surface area (Å²) in [7, 11) is 0. The highest BCUT2D eigenvalue weighted by Crippen LogP contribution is 2.56. The lowest BCUT2D eigenvalue weighted by atomic mass is 9.62. The molecule has 1 spiro atoms. The highest BCUT2D eigenvalue weighted by atomic mass is 35.5. The number of rotatable bonds is 3. The first-order valence-corrected chi connectivity index (χ1v) is 10.4. The molecule has 5 nitrogen and oxygen atoms in total. The number of halogens is 3. The molecule has 1 saturated heterocycles. The summed E-state index contributed by atoms with van der Waals surface area (Å²) < 4.78 is 29.2. The van der Waals surface area contributed by atoms with Gasteiger partial charge in [0.2, 0.25) is 5.91 Å². The minimum Gasteiger partial charge on any atom is -0.480 e.